The molecule has 3 aromatic rings. The summed E-state index contributed by atoms with van der Waals surface area (Å²) in [6.45, 7) is 4.17. The highest BCUT2D eigenvalue weighted by molar-refractivity contribution is 5.97. The van der Waals surface area contributed by atoms with Crippen molar-refractivity contribution in [2.75, 3.05) is 6.61 Å². The predicted molar refractivity (Wildman–Crippen MR) is 82.2 cm³/mol. The maximum Gasteiger partial charge on any atom is 0.338 e. The lowest BCUT2D eigenvalue weighted by atomic mass is 10.0. The molecule has 1 heterocycles. The van der Waals surface area contributed by atoms with Crippen molar-refractivity contribution >= 4 is 16.9 Å². The van der Waals surface area contributed by atoms with Crippen LogP contribution in [0.2, 0.25) is 0 Å². The third kappa shape index (κ3) is 2.40. The molecule has 21 heavy (non-hydrogen) atoms. The topological polar surface area (TPSA) is 55.0 Å². The van der Waals surface area contributed by atoms with Crippen LogP contribution < -0.4 is 0 Å². The molecule has 2 aromatic carbocycles. The minimum Gasteiger partial charge on any atom is -0.462 e. The molecule has 0 saturated heterocycles. The lowest BCUT2D eigenvalue weighted by Gasteiger charge is -2.06. The number of fused-ring (bicyclic) bond motifs is 1. The first-order valence-corrected chi connectivity index (χ1v) is 6.92. The number of benzene rings is 2. The highest BCUT2D eigenvalue weighted by atomic mass is 16.5. The van der Waals surface area contributed by atoms with Gasteiger partial charge in [-0.3, -0.25) is 5.10 Å². The fourth-order valence-electron chi connectivity index (χ4n) is 2.43. The third-order valence-corrected chi connectivity index (χ3v) is 3.46. The van der Waals surface area contributed by atoms with E-state index in [0.717, 1.165) is 27.7 Å². The lowest BCUT2D eigenvalue weighted by molar-refractivity contribution is 0.0526. The van der Waals surface area contributed by atoms with Gasteiger partial charge in [-0.15, -0.1) is 0 Å². The fraction of sp³-hybridized carbons (Fsp3) is 0.176. The van der Waals surface area contributed by atoms with E-state index in [2.05, 4.69) is 10.2 Å². The highest BCUT2D eigenvalue weighted by Gasteiger charge is 2.11. The third-order valence-electron chi connectivity index (χ3n) is 3.46. The second-order valence-electron chi connectivity index (χ2n) is 4.85. The van der Waals surface area contributed by atoms with Gasteiger partial charge in [0.2, 0.25) is 0 Å². The Balaban J connectivity index is 2.11. The van der Waals surface area contributed by atoms with Gasteiger partial charge in [-0.1, -0.05) is 30.3 Å². The van der Waals surface area contributed by atoms with Crippen molar-refractivity contribution in [3.8, 4) is 11.1 Å². The van der Waals surface area contributed by atoms with E-state index in [1.807, 2.05) is 43.3 Å². The average molecular weight is 280 g/mol. The number of carbonyl (C=O) groups is 1. The lowest BCUT2D eigenvalue weighted by Crippen LogP contribution is -2.04. The SMILES string of the molecule is CCOC(=O)c1cccc(-c2cccc3c(C)[nH]nc23)c1. The van der Waals surface area contributed by atoms with Gasteiger partial charge in [0.05, 0.1) is 12.2 Å². The molecular formula is C17H16N2O2. The number of rotatable bonds is 3. The first-order chi connectivity index (χ1) is 10.2. The zero-order chi connectivity index (χ0) is 14.8. The van der Waals surface area contributed by atoms with Crippen LogP contribution in [0, 0.1) is 6.92 Å². The number of ether oxygens (including phenoxy) is 1. The number of aryl methyl sites for hydroxylation is 1. The van der Waals surface area contributed by atoms with Gasteiger partial charge in [-0.25, -0.2) is 4.79 Å². The van der Waals surface area contributed by atoms with Crippen LogP contribution in [0.25, 0.3) is 22.0 Å². The Morgan fingerprint density at radius 1 is 1.24 bits per heavy atom. The average Bonchev–Trinajstić information content (AvgIpc) is 2.89. The number of aromatic nitrogens is 2. The van der Waals surface area contributed by atoms with Crippen molar-refractivity contribution in [1.29, 1.82) is 0 Å². The van der Waals surface area contributed by atoms with E-state index in [9.17, 15) is 4.79 Å². The Kier molecular flexibility index (Phi) is 3.44. The zero-order valence-electron chi connectivity index (χ0n) is 12.0. The van der Waals surface area contributed by atoms with Crippen LogP contribution in [0.5, 0.6) is 0 Å². The molecule has 0 aliphatic carbocycles. The van der Waals surface area contributed by atoms with E-state index in [-0.39, 0.29) is 5.97 Å². The van der Waals surface area contributed by atoms with E-state index in [4.69, 9.17) is 4.74 Å². The number of carbonyl (C=O) groups excluding carboxylic acids is 1. The first-order valence-electron chi connectivity index (χ1n) is 6.92. The molecule has 0 atom stereocenters. The minimum absolute atomic E-state index is 0.301. The Labute approximate surface area is 122 Å². The minimum atomic E-state index is -0.301. The van der Waals surface area contributed by atoms with Gasteiger partial charge >= 0.3 is 5.97 Å². The van der Waals surface area contributed by atoms with E-state index < -0.39 is 0 Å². The Morgan fingerprint density at radius 3 is 2.86 bits per heavy atom. The highest BCUT2D eigenvalue weighted by Crippen LogP contribution is 2.29. The largest absolute Gasteiger partial charge is 0.462 e. The van der Waals surface area contributed by atoms with Crippen molar-refractivity contribution in [1.82, 2.24) is 10.2 Å². The molecular weight excluding hydrogens is 264 g/mol. The Morgan fingerprint density at radius 2 is 2.05 bits per heavy atom. The molecule has 4 nitrogen and oxygen atoms in total. The fourth-order valence-corrected chi connectivity index (χ4v) is 2.43. The van der Waals surface area contributed by atoms with Crippen LogP contribution in [0.4, 0.5) is 0 Å². The van der Waals surface area contributed by atoms with Gasteiger partial charge in [-0.2, -0.15) is 5.10 Å². The van der Waals surface area contributed by atoms with E-state index in [1.54, 1.807) is 13.0 Å². The molecule has 0 spiro atoms. The van der Waals surface area contributed by atoms with Crippen molar-refractivity contribution in [3.63, 3.8) is 0 Å². The van der Waals surface area contributed by atoms with Crippen LogP contribution in [0.15, 0.2) is 42.5 Å². The van der Waals surface area contributed by atoms with Gasteiger partial charge in [0.15, 0.2) is 0 Å². The molecule has 3 rings (SSSR count). The zero-order valence-corrected chi connectivity index (χ0v) is 12.0. The van der Waals surface area contributed by atoms with Crippen LogP contribution in [-0.4, -0.2) is 22.8 Å². The predicted octanol–water partition coefficient (Wildman–Crippen LogP) is 3.72. The van der Waals surface area contributed by atoms with Crippen molar-refractivity contribution in [2.45, 2.75) is 13.8 Å². The molecule has 0 aliphatic rings. The van der Waals surface area contributed by atoms with Crippen molar-refractivity contribution in [3.05, 3.63) is 53.7 Å². The summed E-state index contributed by atoms with van der Waals surface area (Å²) in [5.41, 5.74) is 4.46. The summed E-state index contributed by atoms with van der Waals surface area (Å²) < 4.78 is 5.05. The van der Waals surface area contributed by atoms with Gasteiger partial charge in [-0.05, 0) is 31.5 Å². The Hall–Kier alpha value is -2.62. The van der Waals surface area contributed by atoms with Crippen LogP contribution in [0.3, 0.4) is 0 Å². The van der Waals surface area contributed by atoms with Crippen molar-refractivity contribution in [2.24, 2.45) is 0 Å². The first kappa shape index (κ1) is 13.4. The van der Waals surface area contributed by atoms with Gasteiger partial charge in [0.25, 0.3) is 0 Å². The molecule has 0 unspecified atom stereocenters. The van der Waals surface area contributed by atoms with Crippen LogP contribution in [0.1, 0.15) is 23.0 Å². The molecule has 0 amide bonds. The molecule has 106 valence electrons. The standard InChI is InChI=1S/C17H16N2O2/c1-3-21-17(20)13-7-4-6-12(10-13)15-9-5-8-14-11(2)18-19-16(14)15/h4-10H,3H2,1-2H3,(H,18,19). The van der Waals surface area contributed by atoms with Crippen LogP contribution >= 0.6 is 0 Å². The quantitative estimate of drug-likeness (QED) is 0.744. The monoisotopic (exact) mass is 280 g/mol. The summed E-state index contributed by atoms with van der Waals surface area (Å²) in [5, 5.41) is 8.46. The van der Waals surface area contributed by atoms with Crippen molar-refractivity contribution < 1.29 is 9.53 Å². The molecule has 0 bridgehead atoms. The Bertz CT molecular complexity index is 805. The summed E-state index contributed by atoms with van der Waals surface area (Å²) in [6.07, 6.45) is 0. The summed E-state index contributed by atoms with van der Waals surface area (Å²) in [5.74, 6) is -0.301. The van der Waals surface area contributed by atoms with E-state index in [1.165, 1.54) is 0 Å². The maximum atomic E-state index is 11.9. The second kappa shape index (κ2) is 5.40. The molecule has 1 N–H and O–H groups in total. The second-order valence-corrected chi connectivity index (χ2v) is 4.85. The molecule has 0 aliphatic heterocycles. The number of H-pyrrole nitrogens is 1. The summed E-state index contributed by atoms with van der Waals surface area (Å²) >= 11 is 0. The molecule has 0 saturated carbocycles. The number of hydrogen-bond donors (Lipinski definition) is 1. The number of esters is 1. The van der Waals surface area contributed by atoms with Crippen LogP contribution in [-0.2, 0) is 4.74 Å². The number of hydrogen-bond acceptors (Lipinski definition) is 3. The molecule has 1 aromatic heterocycles. The van der Waals surface area contributed by atoms with E-state index >= 15 is 0 Å². The van der Waals surface area contributed by atoms with Gasteiger partial charge in [0.1, 0.15) is 5.52 Å². The normalized spacial score (nSPS) is 10.8. The van der Waals surface area contributed by atoms with Gasteiger partial charge < -0.3 is 4.74 Å². The number of para-hydroxylation sites is 1. The molecule has 0 radical (unpaired) electrons. The summed E-state index contributed by atoms with van der Waals surface area (Å²) in [4.78, 5) is 11.9. The summed E-state index contributed by atoms with van der Waals surface area (Å²) in [6, 6.07) is 13.5. The molecule has 0 fully saturated rings. The summed E-state index contributed by atoms with van der Waals surface area (Å²) in [7, 11) is 0. The number of nitrogens with one attached hydrogen (secondary N) is 1. The maximum absolute atomic E-state index is 11.9. The van der Waals surface area contributed by atoms with Gasteiger partial charge in [0, 0.05) is 16.6 Å². The smallest absolute Gasteiger partial charge is 0.338 e. The number of nitrogens with zero attached hydrogens (tertiary/aromatic N) is 1. The number of aromatic amines is 1. The van der Waals surface area contributed by atoms with E-state index in [0.29, 0.717) is 12.2 Å². The molecule has 4 heteroatoms.